The van der Waals surface area contributed by atoms with Gasteiger partial charge >= 0.3 is 0 Å². The van der Waals surface area contributed by atoms with Crippen LogP contribution in [0.15, 0.2) is 25.3 Å². The van der Waals surface area contributed by atoms with Crippen LogP contribution in [-0.2, 0) is 19.2 Å². The van der Waals surface area contributed by atoms with E-state index >= 15 is 0 Å². The molecular formula is C25H40N4O4. The summed E-state index contributed by atoms with van der Waals surface area (Å²) in [6.07, 6.45) is 4.52. The molecule has 0 radical (unpaired) electrons. The third-order valence-electron chi connectivity index (χ3n) is 7.11. The molecule has 1 aliphatic heterocycles. The monoisotopic (exact) mass is 460 g/mol. The number of hydrogen-bond acceptors (Lipinski definition) is 5. The number of fused-ring (bicyclic) bond motifs is 1. The van der Waals surface area contributed by atoms with Crippen LogP contribution in [0, 0.1) is 22.7 Å². The van der Waals surface area contributed by atoms with Crippen molar-refractivity contribution in [3.8, 4) is 0 Å². The van der Waals surface area contributed by atoms with Crippen molar-refractivity contribution in [1.29, 1.82) is 0 Å². The van der Waals surface area contributed by atoms with Crippen LogP contribution >= 0.6 is 0 Å². The van der Waals surface area contributed by atoms with Crippen LogP contribution in [0.25, 0.3) is 0 Å². The van der Waals surface area contributed by atoms with E-state index in [1.165, 1.54) is 0 Å². The van der Waals surface area contributed by atoms with Gasteiger partial charge < -0.3 is 21.3 Å². The molecule has 1 saturated heterocycles. The van der Waals surface area contributed by atoms with E-state index in [0.29, 0.717) is 25.9 Å². The first-order valence-electron chi connectivity index (χ1n) is 11.7. The van der Waals surface area contributed by atoms with Gasteiger partial charge in [0, 0.05) is 13.1 Å². The number of ketones is 1. The zero-order valence-corrected chi connectivity index (χ0v) is 20.6. The predicted octanol–water partition coefficient (Wildman–Crippen LogP) is 1.56. The Morgan fingerprint density at radius 2 is 1.76 bits per heavy atom. The smallest absolute Gasteiger partial charge is 0.289 e. The Labute approximate surface area is 197 Å². The molecular weight excluding hydrogens is 420 g/mol. The lowest BCUT2D eigenvalue weighted by atomic mass is 9.86. The van der Waals surface area contributed by atoms with Crippen molar-refractivity contribution >= 4 is 23.5 Å². The lowest BCUT2D eigenvalue weighted by Crippen LogP contribution is -2.59. The lowest BCUT2D eigenvalue weighted by Gasteiger charge is -2.36. The highest BCUT2D eigenvalue weighted by atomic mass is 16.2. The topological polar surface area (TPSA) is 122 Å². The molecule has 4 N–H and O–H groups in total. The summed E-state index contributed by atoms with van der Waals surface area (Å²) in [5.74, 6) is -1.93. The van der Waals surface area contributed by atoms with E-state index in [1.807, 2.05) is 20.8 Å². The van der Waals surface area contributed by atoms with Gasteiger partial charge in [0.15, 0.2) is 0 Å². The number of allylic oxidation sites excluding steroid dienone is 1. The van der Waals surface area contributed by atoms with Crippen LogP contribution < -0.4 is 16.4 Å². The molecule has 1 aliphatic carbocycles. The van der Waals surface area contributed by atoms with E-state index in [1.54, 1.807) is 17.1 Å². The molecule has 3 amide bonds. The molecule has 0 spiro atoms. The van der Waals surface area contributed by atoms with Gasteiger partial charge in [-0.2, -0.15) is 0 Å². The van der Waals surface area contributed by atoms with Crippen molar-refractivity contribution in [3.63, 3.8) is 0 Å². The normalized spacial score (nSPS) is 24.8. The fourth-order valence-corrected chi connectivity index (χ4v) is 4.71. The summed E-state index contributed by atoms with van der Waals surface area (Å²) in [6, 6.07) is -2.45. The van der Waals surface area contributed by atoms with Gasteiger partial charge in [-0.25, -0.2) is 0 Å². The maximum Gasteiger partial charge on any atom is 0.289 e. The minimum atomic E-state index is -0.992. The Bertz CT molecular complexity index is 814. The average Bonchev–Trinajstić information content (AvgIpc) is 3.08. The summed E-state index contributed by atoms with van der Waals surface area (Å²) in [5, 5.41) is 5.32. The van der Waals surface area contributed by atoms with Gasteiger partial charge in [-0.15, -0.1) is 13.2 Å². The molecule has 1 saturated carbocycles. The summed E-state index contributed by atoms with van der Waals surface area (Å²) < 4.78 is 0. The van der Waals surface area contributed by atoms with Gasteiger partial charge in [-0.3, -0.25) is 19.2 Å². The van der Waals surface area contributed by atoms with Gasteiger partial charge in [0.2, 0.25) is 17.6 Å². The first-order chi connectivity index (χ1) is 15.3. The minimum absolute atomic E-state index is 0.00908. The van der Waals surface area contributed by atoms with Crippen LogP contribution in [-0.4, -0.2) is 59.6 Å². The molecule has 0 aromatic rings. The van der Waals surface area contributed by atoms with E-state index in [0.717, 1.165) is 0 Å². The van der Waals surface area contributed by atoms with E-state index in [9.17, 15) is 19.2 Å². The number of nitrogens with zero attached hydrogens (tertiary/aromatic N) is 1. The van der Waals surface area contributed by atoms with Crippen LogP contribution in [0.4, 0.5) is 0 Å². The van der Waals surface area contributed by atoms with Gasteiger partial charge in [0.05, 0.1) is 12.1 Å². The van der Waals surface area contributed by atoms with Crippen molar-refractivity contribution in [1.82, 2.24) is 15.5 Å². The summed E-state index contributed by atoms with van der Waals surface area (Å²) in [5.41, 5.74) is 5.70. The third-order valence-corrected chi connectivity index (χ3v) is 7.11. The van der Waals surface area contributed by atoms with Crippen LogP contribution in [0.5, 0.6) is 0 Å². The van der Waals surface area contributed by atoms with Crippen molar-refractivity contribution in [2.24, 2.45) is 28.4 Å². The number of piperidine rings is 1. The highest BCUT2D eigenvalue weighted by Crippen LogP contribution is 2.65. The molecule has 0 aromatic heterocycles. The second-order valence-corrected chi connectivity index (χ2v) is 10.9. The standard InChI is InChI=1S/C25H40N4O4/c1-8-10-12-16(19(30)22(32)27-13-11-9-2)28-21(31)18-17-15(25(17,6)7)14-29(18)23(33)20(26)24(3,4)5/h8-9,15-18,20H,1-2,10-14,26H2,3-7H3,(H,27,32)(H,28,31)/t15?,16?,17-,18-,20+/m0/s1. The van der Waals surface area contributed by atoms with E-state index in [-0.39, 0.29) is 29.6 Å². The minimum Gasteiger partial charge on any atom is -0.349 e. The molecule has 8 nitrogen and oxygen atoms in total. The lowest BCUT2D eigenvalue weighted by molar-refractivity contribution is -0.144. The van der Waals surface area contributed by atoms with Crippen LogP contribution in [0.3, 0.4) is 0 Å². The molecule has 33 heavy (non-hydrogen) atoms. The van der Waals surface area contributed by atoms with Crippen molar-refractivity contribution < 1.29 is 19.2 Å². The molecule has 184 valence electrons. The number of Topliss-reactive ketones (excluding diaryl/α,β-unsaturated/α-hetero) is 1. The Balaban J connectivity index is 2.21. The number of nitrogens with one attached hydrogen (secondary N) is 2. The van der Waals surface area contributed by atoms with E-state index in [4.69, 9.17) is 5.73 Å². The average molecular weight is 461 g/mol. The van der Waals surface area contributed by atoms with E-state index < -0.39 is 41.1 Å². The summed E-state index contributed by atoms with van der Waals surface area (Å²) >= 11 is 0. The van der Waals surface area contributed by atoms with Crippen LogP contribution in [0.2, 0.25) is 0 Å². The first kappa shape index (κ1) is 26.8. The fourth-order valence-electron chi connectivity index (χ4n) is 4.71. The van der Waals surface area contributed by atoms with Gasteiger partial charge in [0.25, 0.3) is 5.91 Å². The summed E-state index contributed by atoms with van der Waals surface area (Å²) in [4.78, 5) is 53.3. The molecule has 2 unspecified atom stereocenters. The van der Waals surface area contributed by atoms with E-state index in [2.05, 4.69) is 37.6 Å². The largest absolute Gasteiger partial charge is 0.349 e. The van der Waals surface area contributed by atoms with Gasteiger partial charge in [-0.1, -0.05) is 46.8 Å². The Hall–Kier alpha value is -2.48. The number of likely N-dealkylation sites (tertiary alicyclic amines) is 1. The summed E-state index contributed by atoms with van der Waals surface area (Å²) in [7, 11) is 0. The SMILES string of the molecule is C=CCCNC(=O)C(=O)C(CCC=C)NC(=O)[C@@H]1[C@@H]2C(CN1C(=O)[C@@H](N)C(C)(C)C)C2(C)C. The maximum atomic E-state index is 13.4. The Morgan fingerprint density at radius 3 is 2.30 bits per heavy atom. The molecule has 0 aromatic carbocycles. The van der Waals surface area contributed by atoms with Crippen LogP contribution in [0.1, 0.15) is 53.9 Å². The zero-order chi connectivity index (χ0) is 25.1. The molecule has 5 atom stereocenters. The molecule has 2 aliphatic rings. The van der Waals surface area contributed by atoms with Crippen molar-refractivity contribution in [3.05, 3.63) is 25.3 Å². The zero-order valence-electron chi connectivity index (χ0n) is 20.6. The fraction of sp³-hybridized carbons (Fsp3) is 0.680. The quantitative estimate of drug-likeness (QED) is 0.245. The second kappa shape index (κ2) is 10.2. The highest BCUT2D eigenvalue weighted by molar-refractivity contribution is 6.38. The van der Waals surface area contributed by atoms with Crippen molar-refractivity contribution in [2.45, 2.75) is 72.0 Å². The molecule has 2 fully saturated rings. The number of amides is 3. The third kappa shape index (κ3) is 5.72. The maximum absolute atomic E-state index is 13.4. The number of rotatable bonds is 11. The number of hydrogen-bond donors (Lipinski definition) is 3. The van der Waals surface area contributed by atoms with Crippen molar-refractivity contribution in [2.75, 3.05) is 13.1 Å². The summed E-state index contributed by atoms with van der Waals surface area (Å²) in [6.45, 7) is 17.9. The number of nitrogens with two attached hydrogens (primary N) is 1. The molecule has 8 heteroatoms. The van der Waals surface area contributed by atoms with Gasteiger partial charge in [-0.05, 0) is 41.9 Å². The predicted molar refractivity (Wildman–Crippen MR) is 128 cm³/mol. The highest BCUT2D eigenvalue weighted by Gasteiger charge is 2.69. The molecule has 1 heterocycles. The molecule has 0 bridgehead atoms. The van der Waals surface area contributed by atoms with Gasteiger partial charge in [0.1, 0.15) is 6.04 Å². The first-order valence-corrected chi connectivity index (χ1v) is 11.7. The Morgan fingerprint density at radius 1 is 1.15 bits per heavy atom. The number of carbonyl (C=O) groups is 4. The Kier molecular flexibility index (Phi) is 8.27. The number of carbonyl (C=O) groups excluding carboxylic acids is 4. The second-order valence-electron chi connectivity index (χ2n) is 10.9. The molecule has 2 rings (SSSR count).